The zero-order valence-electron chi connectivity index (χ0n) is 34.4. The van der Waals surface area contributed by atoms with E-state index in [1.54, 1.807) is 30.6 Å². The first-order chi connectivity index (χ1) is 29.6. The van der Waals surface area contributed by atoms with E-state index in [2.05, 4.69) is 41.9 Å². The van der Waals surface area contributed by atoms with Crippen LogP contribution in [0.4, 0.5) is 17.1 Å². The molecule has 5 heterocycles. The molecule has 0 saturated carbocycles. The van der Waals surface area contributed by atoms with Gasteiger partial charge in [-0.3, -0.25) is 19.2 Å². The summed E-state index contributed by atoms with van der Waals surface area (Å²) in [5.74, 6) is 1.19. The van der Waals surface area contributed by atoms with Gasteiger partial charge in [-0.2, -0.15) is 0 Å². The molecule has 0 spiro atoms. The highest BCUT2D eigenvalue weighted by Gasteiger charge is 2.38. The Kier molecular flexibility index (Phi) is 13.3. The zero-order chi connectivity index (χ0) is 42.5. The van der Waals surface area contributed by atoms with Crippen molar-refractivity contribution in [1.29, 1.82) is 0 Å². The summed E-state index contributed by atoms with van der Waals surface area (Å²) in [5.41, 5.74) is 3.82. The van der Waals surface area contributed by atoms with Gasteiger partial charge in [0.1, 0.15) is 22.8 Å². The number of nitrogens with zero attached hydrogens (tertiary/aromatic N) is 4. The number of carbonyl (C=O) groups excluding carboxylic acids is 2. The van der Waals surface area contributed by atoms with Crippen molar-refractivity contribution < 1.29 is 28.4 Å². The summed E-state index contributed by atoms with van der Waals surface area (Å²) in [6.45, 7) is 11.5. The Morgan fingerprint density at radius 3 is 2.54 bits per heavy atom. The quantitative estimate of drug-likeness (QED) is 0.107. The van der Waals surface area contributed by atoms with Crippen LogP contribution in [0.3, 0.4) is 0 Å². The van der Waals surface area contributed by atoms with Crippen LogP contribution in [0.1, 0.15) is 48.5 Å². The predicted molar refractivity (Wildman–Crippen MR) is 237 cm³/mol. The summed E-state index contributed by atoms with van der Waals surface area (Å²) in [7, 11) is -1.99. The fourth-order valence-corrected chi connectivity index (χ4v) is 9.51. The lowest BCUT2D eigenvalue weighted by Crippen LogP contribution is -2.56. The molecule has 16 heteroatoms. The average Bonchev–Trinajstić information content (AvgIpc) is 3.93. The normalized spacial score (nSPS) is 19.3. The standard InChI is InChI=1S/C45H51ClN8O6S/c1-29(2)45(56)54-27-33(39(28-54)31-3-5-34(46)6-4-31)26-52-15-17-53(18-16-52)35-7-9-38(42(22-35)60-36-21-32-11-14-47-43(32)49-25-36)44(55)51-61(58)37-8-10-40(41(23-37)50-57)48-24-30-12-19-59-20-13-30/h3-11,14,21-23,25,29-30,33,39,48H,12-13,15-20,24,26-28H2,1-2H3,(H,47,49)(H,51,55)/p+1/t33-,39+,61?/m0/s1. The van der Waals surface area contributed by atoms with Gasteiger partial charge in [-0.05, 0) is 78.8 Å². The highest BCUT2D eigenvalue weighted by Crippen LogP contribution is 2.36. The summed E-state index contributed by atoms with van der Waals surface area (Å²) in [6.07, 6.45) is 5.27. The van der Waals surface area contributed by atoms with E-state index in [4.69, 9.17) is 21.1 Å². The van der Waals surface area contributed by atoms with Gasteiger partial charge in [0.05, 0.1) is 16.7 Å². The number of halogens is 1. The number of fused-ring (bicyclic) bond motifs is 1. The molecule has 5 aromatic rings. The smallest absolute Gasteiger partial charge is 0.277 e. The number of likely N-dealkylation sites (tertiary alicyclic amines) is 1. The third-order valence-corrected chi connectivity index (χ3v) is 13.3. The van der Waals surface area contributed by atoms with E-state index >= 15 is 0 Å². The maximum Gasteiger partial charge on any atom is 0.277 e. The van der Waals surface area contributed by atoms with Crippen molar-refractivity contribution in [2.24, 2.45) is 17.8 Å². The summed E-state index contributed by atoms with van der Waals surface area (Å²) >= 11 is 6.23. The number of pyridine rings is 1. The monoisotopic (exact) mass is 867 g/mol. The Hall–Kier alpha value is -5.35. The SMILES string of the molecule is CC(C)C(=O)N1C[C@H](CN2CCN(c3ccc(C(=O)NS(=O)c4ccc(NCC5CCOCC5)c([NH+]=O)c4)c(Oc4cnc5[nH]ccc5c4)c3)CC2)[C@@H](c2ccc(Cl)cc2)C1. The number of rotatable bonds is 14. The van der Waals surface area contributed by atoms with Gasteiger partial charge >= 0.3 is 0 Å². The van der Waals surface area contributed by atoms with Crippen LogP contribution in [0.25, 0.3) is 11.0 Å². The third kappa shape index (κ3) is 10.1. The van der Waals surface area contributed by atoms with Crippen LogP contribution in [0.15, 0.2) is 90.1 Å². The largest absolute Gasteiger partial charge is 0.455 e. The van der Waals surface area contributed by atoms with E-state index in [0.29, 0.717) is 41.1 Å². The molecule has 1 unspecified atom stereocenters. The number of anilines is 2. The average molecular weight is 868 g/mol. The minimum atomic E-state index is -1.99. The molecule has 3 fully saturated rings. The molecule has 3 saturated heterocycles. The number of nitroso groups, excluding NO2 is 1. The maximum atomic E-state index is 13.9. The molecule has 0 radical (unpaired) electrons. The van der Waals surface area contributed by atoms with Gasteiger partial charge in [-0.15, -0.1) is 0 Å². The molecule has 3 aromatic carbocycles. The molecule has 3 aliphatic rings. The van der Waals surface area contributed by atoms with Gasteiger partial charge in [0.15, 0.2) is 11.0 Å². The lowest BCUT2D eigenvalue weighted by molar-refractivity contribution is -0.378. The minimum Gasteiger partial charge on any atom is -0.455 e. The van der Waals surface area contributed by atoms with Crippen LogP contribution in [-0.2, 0) is 20.5 Å². The molecule has 14 nitrogen and oxygen atoms in total. The van der Waals surface area contributed by atoms with Crippen molar-refractivity contribution in [3.05, 3.63) is 106 Å². The van der Waals surface area contributed by atoms with Crippen LogP contribution in [0.2, 0.25) is 5.02 Å². The van der Waals surface area contributed by atoms with E-state index < -0.39 is 16.9 Å². The highest BCUT2D eigenvalue weighted by atomic mass is 35.5. The van der Waals surface area contributed by atoms with Gasteiger partial charge < -0.3 is 29.6 Å². The minimum absolute atomic E-state index is 0.0581. The molecule has 3 atom stereocenters. The van der Waals surface area contributed by atoms with Crippen molar-refractivity contribution >= 4 is 62.5 Å². The van der Waals surface area contributed by atoms with Crippen LogP contribution >= 0.6 is 11.6 Å². The number of hydrogen-bond donors (Lipinski definition) is 4. The molecule has 320 valence electrons. The van der Waals surface area contributed by atoms with Crippen LogP contribution in [-0.4, -0.2) is 101 Å². The second-order valence-electron chi connectivity index (χ2n) is 16.4. The van der Waals surface area contributed by atoms with Gasteiger partial charge in [0, 0.05) is 122 Å². The Bertz CT molecular complexity index is 2380. The number of hydrogen-bond acceptors (Lipinski definition) is 10. The maximum absolute atomic E-state index is 13.9. The lowest BCUT2D eigenvalue weighted by Gasteiger charge is -2.38. The van der Waals surface area contributed by atoms with Crippen LogP contribution in [0.5, 0.6) is 11.5 Å². The van der Waals surface area contributed by atoms with E-state index in [9.17, 15) is 18.7 Å². The van der Waals surface area contributed by atoms with Gasteiger partial charge in [0.2, 0.25) is 5.91 Å². The van der Waals surface area contributed by atoms with E-state index in [1.165, 1.54) is 11.6 Å². The zero-order valence-corrected chi connectivity index (χ0v) is 36.0. The summed E-state index contributed by atoms with van der Waals surface area (Å²) < 4.78 is 28.0. The first-order valence-corrected chi connectivity index (χ1v) is 22.5. The van der Waals surface area contributed by atoms with Crippen molar-refractivity contribution in [1.82, 2.24) is 24.5 Å². The van der Waals surface area contributed by atoms with Crippen molar-refractivity contribution in [3.63, 3.8) is 0 Å². The Morgan fingerprint density at radius 1 is 1.00 bits per heavy atom. The van der Waals surface area contributed by atoms with Crippen molar-refractivity contribution in [2.45, 2.75) is 37.5 Å². The van der Waals surface area contributed by atoms with Crippen LogP contribution < -0.4 is 24.9 Å². The number of H-pyrrole nitrogens is 1. The molecule has 0 bridgehead atoms. The van der Waals surface area contributed by atoms with E-state index in [1.807, 2.05) is 60.3 Å². The number of nitrogens with one attached hydrogen (secondary N) is 4. The van der Waals surface area contributed by atoms with E-state index in [-0.39, 0.29) is 45.6 Å². The molecule has 2 amide bonds. The molecular formula is C45H52ClN8O6S+. The first-order valence-electron chi connectivity index (χ1n) is 20.9. The van der Waals surface area contributed by atoms with Gasteiger partial charge in [-0.1, -0.05) is 37.6 Å². The first kappa shape index (κ1) is 42.3. The number of ether oxygens (including phenoxy) is 2. The number of benzene rings is 3. The fraction of sp³-hybridized carbons (Fsp3) is 0.400. The molecule has 2 aromatic heterocycles. The summed E-state index contributed by atoms with van der Waals surface area (Å²) in [4.78, 5) is 53.5. The Morgan fingerprint density at radius 2 is 1.79 bits per heavy atom. The molecule has 0 aliphatic carbocycles. The molecule has 3 aliphatic heterocycles. The van der Waals surface area contributed by atoms with Gasteiger partial charge in [-0.25, -0.2) is 9.19 Å². The second kappa shape index (κ2) is 19.1. The predicted octanol–water partition coefficient (Wildman–Crippen LogP) is 5.80. The number of amides is 2. The van der Waals surface area contributed by atoms with Crippen LogP contribution in [0, 0.1) is 22.7 Å². The number of aromatic nitrogens is 2. The molecule has 8 rings (SSSR count). The highest BCUT2D eigenvalue weighted by molar-refractivity contribution is 7.83. The molecular weight excluding hydrogens is 816 g/mol. The van der Waals surface area contributed by atoms with Gasteiger partial charge in [0.25, 0.3) is 11.6 Å². The topological polar surface area (TPSA) is 163 Å². The second-order valence-corrected chi connectivity index (χ2v) is 18.1. The number of piperazine rings is 1. The molecule has 61 heavy (non-hydrogen) atoms. The molecule has 4 N–H and O–H groups in total. The Balaban J connectivity index is 0.962. The number of aromatic amines is 1. The summed E-state index contributed by atoms with van der Waals surface area (Å²) in [6, 6.07) is 22.0. The fourth-order valence-electron chi connectivity index (χ4n) is 8.57. The van der Waals surface area contributed by atoms with Crippen molar-refractivity contribution in [3.8, 4) is 11.5 Å². The summed E-state index contributed by atoms with van der Waals surface area (Å²) in [5, 5.41) is 6.82. The Labute approximate surface area is 362 Å². The van der Waals surface area contributed by atoms with Crippen molar-refractivity contribution in [2.75, 3.05) is 75.8 Å². The van der Waals surface area contributed by atoms with E-state index in [0.717, 1.165) is 76.4 Å². The third-order valence-electron chi connectivity index (χ3n) is 12.0. The number of carbonyl (C=O) groups is 2. The lowest BCUT2D eigenvalue weighted by atomic mass is 9.88.